The van der Waals surface area contributed by atoms with E-state index in [9.17, 15) is 4.79 Å². The average molecular weight is 257 g/mol. The maximum absolute atomic E-state index is 11.7. The monoisotopic (exact) mass is 256 g/mol. The van der Waals surface area contributed by atoms with Gasteiger partial charge in [0.1, 0.15) is 0 Å². The van der Waals surface area contributed by atoms with Crippen molar-refractivity contribution in [2.75, 3.05) is 13.1 Å². The lowest BCUT2D eigenvalue weighted by molar-refractivity contribution is 0.0783. The van der Waals surface area contributed by atoms with Crippen LogP contribution in [-0.2, 0) is 6.54 Å². The highest BCUT2D eigenvalue weighted by Crippen LogP contribution is 2.21. The van der Waals surface area contributed by atoms with Gasteiger partial charge in [0, 0.05) is 25.2 Å². The first-order valence-electron chi connectivity index (χ1n) is 4.40. The van der Waals surface area contributed by atoms with Crippen LogP contribution < -0.4 is 5.73 Å². The highest BCUT2D eigenvalue weighted by molar-refractivity contribution is 8.93. The minimum Gasteiger partial charge on any atom is -0.333 e. The Morgan fingerprint density at radius 2 is 2.07 bits per heavy atom. The molecule has 1 aromatic rings. The Bertz CT molecular complexity index is 341. The van der Waals surface area contributed by atoms with E-state index < -0.39 is 0 Å². The summed E-state index contributed by atoms with van der Waals surface area (Å²) in [5, 5.41) is 0. The number of benzene rings is 1. The Hall–Kier alpha value is -0.870. The quantitative estimate of drug-likeness (QED) is 0.864. The molecule has 1 aromatic carbocycles. The predicted octanol–water partition coefficient (Wildman–Crippen LogP) is 1.18. The number of rotatable bonds is 2. The third-order valence-corrected chi connectivity index (χ3v) is 2.30. The van der Waals surface area contributed by atoms with Gasteiger partial charge in [-0.25, -0.2) is 0 Å². The van der Waals surface area contributed by atoms with Crippen molar-refractivity contribution in [2.45, 2.75) is 6.54 Å². The molecule has 3 nitrogen and oxygen atoms in total. The second-order valence-electron chi connectivity index (χ2n) is 3.17. The molecule has 0 bridgehead atoms. The lowest BCUT2D eigenvalue weighted by Crippen LogP contribution is -2.29. The highest BCUT2D eigenvalue weighted by Gasteiger charge is 2.25. The molecule has 0 aliphatic carbocycles. The van der Waals surface area contributed by atoms with Crippen LogP contribution in [0.1, 0.15) is 15.9 Å². The number of carbonyl (C=O) groups excluding carboxylic acids is 1. The molecular formula is C10H13BrN2O. The molecule has 0 spiro atoms. The molecular weight excluding hydrogens is 244 g/mol. The molecule has 0 aromatic heterocycles. The van der Waals surface area contributed by atoms with Gasteiger partial charge in [-0.1, -0.05) is 18.2 Å². The number of hydrogen-bond acceptors (Lipinski definition) is 2. The zero-order chi connectivity index (χ0) is 9.26. The number of nitrogens with zero attached hydrogens (tertiary/aromatic N) is 1. The standard InChI is InChI=1S/C10H12N2O.BrH/c11-5-6-12-7-8-3-1-2-4-9(8)10(12)13;/h1-4H,5-7,11H2;1H. The molecule has 0 saturated carbocycles. The van der Waals surface area contributed by atoms with Crippen molar-refractivity contribution in [3.05, 3.63) is 35.4 Å². The third-order valence-electron chi connectivity index (χ3n) is 2.30. The number of halogens is 1. The number of hydrogen-bond donors (Lipinski definition) is 1. The van der Waals surface area contributed by atoms with Crippen LogP contribution in [0.5, 0.6) is 0 Å². The lowest BCUT2D eigenvalue weighted by atomic mass is 10.1. The van der Waals surface area contributed by atoms with Crippen LogP contribution in [0.3, 0.4) is 0 Å². The van der Waals surface area contributed by atoms with Gasteiger partial charge >= 0.3 is 0 Å². The summed E-state index contributed by atoms with van der Waals surface area (Å²) in [4.78, 5) is 13.4. The van der Waals surface area contributed by atoms with Gasteiger partial charge in [0.2, 0.25) is 0 Å². The van der Waals surface area contributed by atoms with Gasteiger partial charge in [-0.15, -0.1) is 17.0 Å². The largest absolute Gasteiger partial charge is 0.333 e. The SMILES string of the molecule is Br.NCCN1Cc2ccccc2C1=O. The summed E-state index contributed by atoms with van der Waals surface area (Å²) >= 11 is 0. The topological polar surface area (TPSA) is 46.3 Å². The number of nitrogens with two attached hydrogens (primary N) is 1. The minimum atomic E-state index is 0. The van der Waals surface area contributed by atoms with Crippen molar-refractivity contribution in [1.29, 1.82) is 0 Å². The van der Waals surface area contributed by atoms with Gasteiger partial charge in [0.05, 0.1) is 0 Å². The number of carbonyl (C=O) groups is 1. The van der Waals surface area contributed by atoms with Crippen LogP contribution in [0.25, 0.3) is 0 Å². The molecule has 0 radical (unpaired) electrons. The molecule has 76 valence electrons. The zero-order valence-electron chi connectivity index (χ0n) is 7.77. The van der Waals surface area contributed by atoms with E-state index in [1.54, 1.807) is 4.90 Å². The molecule has 0 atom stereocenters. The van der Waals surface area contributed by atoms with Gasteiger partial charge < -0.3 is 10.6 Å². The molecule has 0 unspecified atom stereocenters. The van der Waals surface area contributed by atoms with E-state index in [2.05, 4.69) is 0 Å². The Balaban J connectivity index is 0.000000980. The van der Waals surface area contributed by atoms with Crippen LogP contribution in [0, 0.1) is 0 Å². The lowest BCUT2D eigenvalue weighted by Gasteiger charge is -2.13. The second kappa shape index (κ2) is 4.57. The number of fused-ring (bicyclic) bond motifs is 1. The van der Waals surface area contributed by atoms with Crippen molar-refractivity contribution in [2.24, 2.45) is 5.73 Å². The van der Waals surface area contributed by atoms with Crippen molar-refractivity contribution in [1.82, 2.24) is 4.90 Å². The van der Waals surface area contributed by atoms with Crippen LogP contribution >= 0.6 is 17.0 Å². The van der Waals surface area contributed by atoms with Crippen molar-refractivity contribution in [3.63, 3.8) is 0 Å². The van der Waals surface area contributed by atoms with E-state index in [0.717, 1.165) is 11.1 Å². The fourth-order valence-electron chi connectivity index (χ4n) is 1.65. The van der Waals surface area contributed by atoms with Crippen molar-refractivity contribution < 1.29 is 4.79 Å². The molecule has 1 aliphatic heterocycles. The van der Waals surface area contributed by atoms with Crippen LogP contribution in [0.4, 0.5) is 0 Å². The Kier molecular flexibility index (Phi) is 3.66. The van der Waals surface area contributed by atoms with E-state index in [1.165, 1.54) is 0 Å². The summed E-state index contributed by atoms with van der Waals surface area (Å²) < 4.78 is 0. The van der Waals surface area contributed by atoms with Gasteiger partial charge in [-0.3, -0.25) is 4.79 Å². The maximum Gasteiger partial charge on any atom is 0.254 e. The van der Waals surface area contributed by atoms with Gasteiger partial charge in [0.15, 0.2) is 0 Å². The molecule has 1 aliphatic rings. The molecule has 2 rings (SSSR count). The van der Waals surface area contributed by atoms with E-state index in [1.807, 2.05) is 24.3 Å². The van der Waals surface area contributed by atoms with Gasteiger partial charge in [-0.2, -0.15) is 0 Å². The summed E-state index contributed by atoms with van der Waals surface area (Å²) in [7, 11) is 0. The number of amides is 1. The molecule has 0 saturated heterocycles. The zero-order valence-corrected chi connectivity index (χ0v) is 9.48. The smallest absolute Gasteiger partial charge is 0.254 e. The summed E-state index contributed by atoms with van der Waals surface area (Å²) in [6.45, 7) is 1.89. The third kappa shape index (κ3) is 1.81. The fourth-order valence-corrected chi connectivity index (χ4v) is 1.65. The first kappa shape index (κ1) is 11.2. The van der Waals surface area contributed by atoms with E-state index in [4.69, 9.17) is 5.73 Å². The molecule has 1 heterocycles. The van der Waals surface area contributed by atoms with Crippen molar-refractivity contribution in [3.8, 4) is 0 Å². The van der Waals surface area contributed by atoms with Gasteiger partial charge in [0.25, 0.3) is 5.91 Å². The Labute approximate surface area is 93.7 Å². The molecule has 0 fully saturated rings. The minimum absolute atomic E-state index is 0. The van der Waals surface area contributed by atoms with Gasteiger partial charge in [-0.05, 0) is 11.6 Å². The van der Waals surface area contributed by atoms with E-state index in [-0.39, 0.29) is 22.9 Å². The van der Waals surface area contributed by atoms with Crippen molar-refractivity contribution >= 4 is 22.9 Å². The summed E-state index contributed by atoms with van der Waals surface area (Å²) in [5.41, 5.74) is 7.35. The highest BCUT2D eigenvalue weighted by atomic mass is 79.9. The molecule has 2 N–H and O–H groups in total. The Morgan fingerprint density at radius 3 is 2.71 bits per heavy atom. The van der Waals surface area contributed by atoms with E-state index in [0.29, 0.717) is 19.6 Å². The first-order valence-corrected chi connectivity index (χ1v) is 4.40. The summed E-state index contributed by atoms with van der Waals surface area (Å²) in [6.07, 6.45) is 0. The van der Waals surface area contributed by atoms with Crippen LogP contribution in [-0.4, -0.2) is 23.9 Å². The van der Waals surface area contributed by atoms with E-state index >= 15 is 0 Å². The second-order valence-corrected chi connectivity index (χ2v) is 3.17. The molecule has 4 heteroatoms. The summed E-state index contributed by atoms with van der Waals surface area (Å²) in [5.74, 6) is 0.112. The maximum atomic E-state index is 11.7. The van der Waals surface area contributed by atoms with Crippen LogP contribution in [0.15, 0.2) is 24.3 Å². The fraction of sp³-hybridized carbons (Fsp3) is 0.300. The first-order chi connectivity index (χ1) is 6.33. The molecule has 1 amide bonds. The average Bonchev–Trinajstić information content (AvgIpc) is 2.46. The van der Waals surface area contributed by atoms with Crippen LogP contribution in [0.2, 0.25) is 0 Å². The molecule has 14 heavy (non-hydrogen) atoms. The Morgan fingerprint density at radius 1 is 1.36 bits per heavy atom. The normalized spacial score (nSPS) is 13.8. The summed E-state index contributed by atoms with van der Waals surface area (Å²) in [6, 6.07) is 7.71. The predicted molar refractivity (Wildman–Crippen MR) is 60.6 cm³/mol.